The fourth-order valence-electron chi connectivity index (χ4n) is 7.53. The van der Waals surface area contributed by atoms with Crippen molar-refractivity contribution in [3.05, 3.63) is 0 Å². The minimum Gasteiger partial charge on any atom is -0.394 e. The highest BCUT2D eigenvalue weighted by atomic mass is 16.8. The predicted molar refractivity (Wildman–Crippen MR) is 184 cm³/mol. The molecule has 0 bridgehead atoms. The summed E-state index contributed by atoms with van der Waals surface area (Å²) in [7, 11) is 0. The molecule has 0 saturated carbocycles. The number of aliphatic hydroxyl groups excluding tert-OH is 14. The second-order valence-electron chi connectivity index (χ2n) is 15.0. The lowest BCUT2D eigenvalue weighted by atomic mass is 9.93. The molecule has 5 fully saturated rings. The van der Waals surface area contributed by atoms with E-state index < -0.39 is 192 Å². The van der Waals surface area contributed by atoms with Crippen molar-refractivity contribution in [3.63, 3.8) is 0 Å². The molecule has 0 aromatic heterocycles. The number of nitrogens with one attached hydrogen (secondary N) is 2. The van der Waals surface area contributed by atoms with E-state index in [0.717, 1.165) is 13.8 Å². The standard InChI is InChI=1S/C33H56N2O25/c1-8(40)34-15-20(46)25(13(5-38)53-29(15)51)57-30-16(35-9(2)41)21(47)26(14(6-39)56-30)58-33-28(60-31-23(49)17(43)10(42)7-52-31)27(19(45)12(4-37)55-33)59-32-24(50)22(48)18(44)11(3-36)54-32/h10-33,36-39,42-51H,3-7H2,1-2H3,(H,34,40)(H,35,41)/t10-,11-,12-,13-,14-,15-,16-,17+,18-,19-,20-,21-,22+,23-,24+,25-,26-,27+,28+,29-,30+,31+,32-,33+/m1/s1. The van der Waals surface area contributed by atoms with Crippen LogP contribution < -0.4 is 10.6 Å². The molecule has 5 aliphatic rings. The molecule has 0 spiro atoms. The molecule has 60 heavy (non-hydrogen) atoms. The molecule has 16 N–H and O–H groups in total. The van der Waals surface area contributed by atoms with E-state index in [9.17, 15) is 81.1 Å². The summed E-state index contributed by atoms with van der Waals surface area (Å²) >= 11 is 0. The van der Waals surface area contributed by atoms with E-state index in [2.05, 4.69) is 10.6 Å². The molecule has 27 nitrogen and oxygen atoms in total. The summed E-state index contributed by atoms with van der Waals surface area (Å²) in [5.41, 5.74) is 0. The maximum atomic E-state index is 12.5. The van der Waals surface area contributed by atoms with E-state index >= 15 is 0 Å². The second-order valence-corrected chi connectivity index (χ2v) is 15.0. The van der Waals surface area contributed by atoms with Crippen molar-refractivity contribution in [3.8, 4) is 0 Å². The van der Waals surface area contributed by atoms with Crippen LogP contribution in [0.2, 0.25) is 0 Å². The Kier molecular flexibility index (Phi) is 17.3. The summed E-state index contributed by atoms with van der Waals surface area (Å²) in [6.07, 6.45) is -40.3. The molecular weight excluding hydrogens is 824 g/mol. The summed E-state index contributed by atoms with van der Waals surface area (Å²) in [6.45, 7) is -2.21. The van der Waals surface area contributed by atoms with Gasteiger partial charge in [-0.05, 0) is 0 Å². The summed E-state index contributed by atoms with van der Waals surface area (Å²) in [6, 6.07) is -3.19. The highest BCUT2D eigenvalue weighted by Crippen LogP contribution is 2.36. The first-order valence-corrected chi connectivity index (χ1v) is 19.0. The van der Waals surface area contributed by atoms with Crippen LogP contribution in [0.4, 0.5) is 0 Å². The highest BCUT2D eigenvalue weighted by molar-refractivity contribution is 5.73. The van der Waals surface area contributed by atoms with E-state index in [4.69, 9.17) is 42.6 Å². The van der Waals surface area contributed by atoms with Crippen LogP contribution in [0.3, 0.4) is 0 Å². The maximum absolute atomic E-state index is 12.5. The van der Waals surface area contributed by atoms with E-state index in [1.807, 2.05) is 0 Å². The SMILES string of the molecule is CC(=O)N[C@@H]1[C@@H](O)[C@H](O[C@@H]2O[C@H](CO)[C@@H](O[C@@H]3O[C@H](CO)[C@@H](O)[C@H](O[C@H]4O[C@H](CO)[C@@H](O)[C@H](O)[C@@H]4O)[C@@H]3O[C@@H]3OC[C@@H](O)[C@H](O)[C@H]3O)[C@H](O)[C@H]2NC(C)=O)[C@@H](CO)O[C@H]1O. The van der Waals surface area contributed by atoms with Crippen molar-refractivity contribution >= 4 is 11.8 Å². The van der Waals surface area contributed by atoms with Crippen molar-refractivity contribution in [1.82, 2.24) is 10.6 Å². The Morgan fingerprint density at radius 1 is 0.467 bits per heavy atom. The Balaban J connectivity index is 1.47. The molecule has 0 unspecified atom stereocenters. The van der Waals surface area contributed by atoms with Gasteiger partial charge in [-0.15, -0.1) is 0 Å². The van der Waals surface area contributed by atoms with Gasteiger partial charge in [-0.3, -0.25) is 9.59 Å². The number of ether oxygens (including phenoxy) is 9. The van der Waals surface area contributed by atoms with E-state index in [1.54, 1.807) is 0 Å². The van der Waals surface area contributed by atoms with E-state index in [-0.39, 0.29) is 0 Å². The maximum Gasteiger partial charge on any atom is 0.217 e. The fraction of sp³-hybridized carbons (Fsp3) is 0.939. The molecule has 27 heteroatoms. The number of carbonyl (C=O) groups is 2. The summed E-state index contributed by atoms with van der Waals surface area (Å²) in [5.74, 6) is -1.48. The third-order valence-corrected chi connectivity index (χ3v) is 10.7. The lowest BCUT2D eigenvalue weighted by Crippen LogP contribution is -2.71. The third-order valence-electron chi connectivity index (χ3n) is 10.7. The number of hydrogen-bond donors (Lipinski definition) is 16. The van der Waals surface area contributed by atoms with Crippen LogP contribution in [-0.4, -0.2) is 264 Å². The quantitative estimate of drug-likeness (QED) is 0.0770. The van der Waals surface area contributed by atoms with Crippen LogP contribution >= 0.6 is 0 Å². The van der Waals surface area contributed by atoms with Gasteiger partial charge in [-0.2, -0.15) is 0 Å². The average Bonchev–Trinajstić information content (AvgIpc) is 3.21. The summed E-state index contributed by atoms with van der Waals surface area (Å²) in [4.78, 5) is 24.3. The Morgan fingerprint density at radius 3 is 1.50 bits per heavy atom. The lowest BCUT2D eigenvalue weighted by Gasteiger charge is -2.51. The zero-order chi connectivity index (χ0) is 44.3. The van der Waals surface area contributed by atoms with Gasteiger partial charge in [-0.25, -0.2) is 0 Å². The Bertz CT molecular complexity index is 1390. The first-order chi connectivity index (χ1) is 28.4. The fourth-order valence-corrected chi connectivity index (χ4v) is 7.53. The second kappa shape index (κ2) is 21.1. The van der Waals surface area contributed by atoms with Crippen molar-refractivity contribution in [1.29, 1.82) is 0 Å². The van der Waals surface area contributed by atoms with Gasteiger partial charge in [0.2, 0.25) is 11.8 Å². The monoisotopic (exact) mass is 880 g/mol. The molecule has 0 aromatic rings. The topological polar surface area (TPSA) is 424 Å². The predicted octanol–water partition coefficient (Wildman–Crippen LogP) is -11.0. The average molecular weight is 881 g/mol. The Morgan fingerprint density at radius 2 is 0.917 bits per heavy atom. The van der Waals surface area contributed by atoms with Gasteiger partial charge in [0.05, 0.1) is 33.0 Å². The van der Waals surface area contributed by atoms with Crippen LogP contribution in [0.25, 0.3) is 0 Å². The van der Waals surface area contributed by atoms with E-state index in [1.165, 1.54) is 0 Å². The molecule has 0 aromatic carbocycles. The van der Waals surface area contributed by atoms with Crippen LogP contribution in [0.15, 0.2) is 0 Å². The van der Waals surface area contributed by atoms with Gasteiger partial charge < -0.3 is 125 Å². The van der Waals surface area contributed by atoms with Crippen LogP contribution in [0, 0.1) is 0 Å². The van der Waals surface area contributed by atoms with Crippen molar-refractivity contribution in [2.45, 2.75) is 161 Å². The first kappa shape index (κ1) is 49.0. The number of aliphatic hydroxyl groups is 14. The van der Waals surface area contributed by atoms with Gasteiger partial charge in [0.25, 0.3) is 0 Å². The number of rotatable bonds is 14. The highest BCUT2D eigenvalue weighted by Gasteiger charge is 2.57. The largest absolute Gasteiger partial charge is 0.394 e. The number of amides is 2. The van der Waals surface area contributed by atoms with Gasteiger partial charge in [0.1, 0.15) is 116 Å². The third kappa shape index (κ3) is 10.5. The van der Waals surface area contributed by atoms with Crippen LogP contribution in [0.5, 0.6) is 0 Å². The van der Waals surface area contributed by atoms with Gasteiger partial charge in [-0.1, -0.05) is 0 Å². The molecule has 5 rings (SSSR count). The molecule has 5 aliphatic heterocycles. The molecule has 0 aliphatic carbocycles. The molecule has 348 valence electrons. The zero-order valence-corrected chi connectivity index (χ0v) is 32.1. The van der Waals surface area contributed by atoms with Crippen LogP contribution in [-0.2, 0) is 52.2 Å². The summed E-state index contributed by atoms with van der Waals surface area (Å²) < 4.78 is 51.7. The molecule has 5 heterocycles. The summed E-state index contributed by atoms with van der Waals surface area (Å²) in [5, 5.41) is 153. The van der Waals surface area contributed by atoms with Gasteiger partial charge in [0.15, 0.2) is 31.5 Å². The molecule has 24 atom stereocenters. The first-order valence-electron chi connectivity index (χ1n) is 19.0. The van der Waals surface area contributed by atoms with Crippen molar-refractivity contribution < 1.29 is 124 Å². The minimum absolute atomic E-state index is 0.605. The molecule has 5 saturated heterocycles. The smallest absolute Gasteiger partial charge is 0.217 e. The number of carbonyl (C=O) groups excluding carboxylic acids is 2. The lowest BCUT2D eigenvalue weighted by molar-refractivity contribution is -0.401. The van der Waals surface area contributed by atoms with Gasteiger partial charge in [0, 0.05) is 13.8 Å². The van der Waals surface area contributed by atoms with Crippen molar-refractivity contribution in [2.75, 3.05) is 33.0 Å². The number of hydrogen-bond acceptors (Lipinski definition) is 25. The Labute approximate surface area is 340 Å². The van der Waals surface area contributed by atoms with Crippen molar-refractivity contribution in [2.24, 2.45) is 0 Å². The normalized spacial score (nSPS) is 48.9. The molecular formula is C33H56N2O25. The van der Waals surface area contributed by atoms with Gasteiger partial charge >= 0.3 is 0 Å². The van der Waals surface area contributed by atoms with E-state index in [0.29, 0.717) is 0 Å². The Hall–Kier alpha value is -1.98. The molecule has 0 radical (unpaired) electrons. The zero-order valence-electron chi connectivity index (χ0n) is 32.1. The molecule has 2 amide bonds. The van der Waals surface area contributed by atoms with Crippen LogP contribution in [0.1, 0.15) is 13.8 Å². The minimum atomic E-state index is -2.06.